The van der Waals surface area contributed by atoms with Gasteiger partial charge < -0.3 is 20.4 Å². The van der Waals surface area contributed by atoms with Crippen molar-refractivity contribution >= 4 is 11.9 Å². The maximum absolute atomic E-state index is 10.6. The van der Waals surface area contributed by atoms with Gasteiger partial charge in [-0.05, 0) is 39.2 Å². The third-order valence-corrected chi connectivity index (χ3v) is 3.82. The summed E-state index contributed by atoms with van der Waals surface area (Å²) < 4.78 is 0. The monoisotopic (exact) mass is 342 g/mol. The first-order valence-electron chi connectivity index (χ1n) is 8.43. The molecule has 0 spiro atoms. The van der Waals surface area contributed by atoms with E-state index in [9.17, 15) is 19.8 Å². The molecule has 0 aliphatic heterocycles. The van der Waals surface area contributed by atoms with Crippen molar-refractivity contribution < 1.29 is 30.0 Å². The summed E-state index contributed by atoms with van der Waals surface area (Å²) in [6, 6.07) is 0. The molecule has 0 unspecified atom stereocenters. The zero-order valence-corrected chi connectivity index (χ0v) is 14.6. The molecule has 0 aromatic rings. The lowest BCUT2D eigenvalue weighted by Crippen LogP contribution is -2.26. The van der Waals surface area contributed by atoms with Crippen molar-refractivity contribution in [3.63, 3.8) is 0 Å². The number of hydrogen-bond donors (Lipinski definition) is 4. The van der Waals surface area contributed by atoms with E-state index >= 15 is 0 Å². The highest BCUT2D eigenvalue weighted by atomic mass is 16.5. The minimum Gasteiger partial charge on any atom is -0.478 e. The number of allylic oxidation sites excluding steroid dienone is 1. The van der Waals surface area contributed by atoms with Crippen molar-refractivity contribution in [2.75, 3.05) is 0 Å². The van der Waals surface area contributed by atoms with Crippen LogP contribution in [0.15, 0.2) is 23.3 Å². The Morgan fingerprint density at radius 3 is 1.75 bits per heavy atom. The topological polar surface area (TPSA) is 115 Å². The fourth-order valence-electron chi connectivity index (χ4n) is 2.30. The van der Waals surface area contributed by atoms with Crippen LogP contribution >= 0.6 is 0 Å². The zero-order valence-electron chi connectivity index (χ0n) is 14.6. The summed E-state index contributed by atoms with van der Waals surface area (Å²) in [4.78, 5) is 21.2. The molecule has 6 heteroatoms. The molecule has 0 rings (SSSR count). The Hall–Kier alpha value is -1.66. The molecule has 0 amide bonds. The Kier molecular flexibility index (Phi) is 11.0. The Bertz CT molecular complexity index is 462. The van der Waals surface area contributed by atoms with Crippen molar-refractivity contribution in [3.8, 4) is 0 Å². The van der Waals surface area contributed by atoms with E-state index in [1.807, 2.05) is 0 Å². The smallest absolute Gasteiger partial charge is 0.331 e. The Labute approximate surface area is 143 Å². The lowest BCUT2D eigenvalue weighted by atomic mass is 10.0. The maximum atomic E-state index is 10.6. The molecule has 0 aromatic heterocycles. The van der Waals surface area contributed by atoms with Gasteiger partial charge in [-0.1, -0.05) is 38.2 Å². The Morgan fingerprint density at radius 2 is 1.25 bits per heavy atom. The largest absolute Gasteiger partial charge is 0.478 e. The second kappa shape index (κ2) is 11.8. The van der Waals surface area contributed by atoms with Crippen LogP contribution in [0.3, 0.4) is 0 Å². The molecule has 138 valence electrons. The average Bonchev–Trinajstić information content (AvgIpc) is 2.48. The van der Waals surface area contributed by atoms with Crippen molar-refractivity contribution in [2.45, 2.75) is 77.4 Å². The van der Waals surface area contributed by atoms with Crippen molar-refractivity contribution in [1.82, 2.24) is 0 Å². The first-order chi connectivity index (χ1) is 11.2. The number of carboxylic acids is 2. The van der Waals surface area contributed by atoms with Crippen molar-refractivity contribution in [3.05, 3.63) is 23.3 Å². The summed E-state index contributed by atoms with van der Waals surface area (Å²) in [5, 5.41) is 36.8. The predicted octanol–water partition coefficient (Wildman–Crippen LogP) is 3.24. The van der Waals surface area contributed by atoms with Gasteiger partial charge in [-0.15, -0.1) is 0 Å². The van der Waals surface area contributed by atoms with Crippen molar-refractivity contribution in [1.29, 1.82) is 0 Å². The minimum atomic E-state index is -2.06. The number of rotatable bonds is 13. The van der Waals surface area contributed by atoms with Crippen LogP contribution in [0.4, 0.5) is 0 Å². The molecule has 6 nitrogen and oxygen atoms in total. The summed E-state index contributed by atoms with van der Waals surface area (Å²) in [5.74, 6) is -4.08. The van der Waals surface area contributed by atoms with Gasteiger partial charge >= 0.3 is 11.9 Å². The molecule has 0 aliphatic carbocycles. The van der Waals surface area contributed by atoms with Crippen LogP contribution in [0.1, 0.15) is 71.6 Å². The summed E-state index contributed by atoms with van der Waals surface area (Å²) >= 11 is 0. The van der Waals surface area contributed by atoms with Gasteiger partial charge in [-0.3, -0.25) is 0 Å². The fraction of sp³-hybridized carbons (Fsp3) is 0.667. The third kappa shape index (κ3) is 11.8. The van der Waals surface area contributed by atoms with E-state index in [-0.39, 0.29) is 12.0 Å². The molecule has 0 fully saturated rings. The van der Waals surface area contributed by atoms with Crippen molar-refractivity contribution in [2.24, 2.45) is 0 Å². The van der Waals surface area contributed by atoms with E-state index in [1.54, 1.807) is 13.0 Å². The van der Waals surface area contributed by atoms with Crippen LogP contribution in [-0.4, -0.2) is 38.2 Å². The van der Waals surface area contributed by atoms with E-state index < -0.39 is 17.7 Å². The second-order valence-electron chi connectivity index (χ2n) is 6.22. The molecule has 4 N–H and O–H groups in total. The quantitative estimate of drug-likeness (QED) is 0.232. The average molecular weight is 342 g/mol. The first kappa shape index (κ1) is 22.3. The van der Waals surface area contributed by atoms with Gasteiger partial charge in [-0.25, -0.2) is 9.59 Å². The second-order valence-corrected chi connectivity index (χ2v) is 6.22. The van der Waals surface area contributed by atoms with E-state index in [0.29, 0.717) is 12.0 Å². The highest BCUT2D eigenvalue weighted by Gasteiger charge is 2.20. The maximum Gasteiger partial charge on any atom is 0.331 e. The molecule has 0 aromatic carbocycles. The number of unbranched alkanes of at least 4 members (excludes halogenated alkanes) is 7. The van der Waals surface area contributed by atoms with Crippen LogP contribution in [0.25, 0.3) is 0 Å². The van der Waals surface area contributed by atoms with Gasteiger partial charge in [0.05, 0.1) is 0 Å². The van der Waals surface area contributed by atoms with Crippen LogP contribution < -0.4 is 0 Å². The molecule has 0 aliphatic rings. The fourth-order valence-corrected chi connectivity index (χ4v) is 2.30. The van der Waals surface area contributed by atoms with Gasteiger partial charge in [0.1, 0.15) is 0 Å². The minimum absolute atomic E-state index is 0.0767. The molecule has 0 saturated heterocycles. The molecule has 0 atom stereocenters. The zero-order chi connectivity index (χ0) is 18.6. The van der Waals surface area contributed by atoms with E-state index in [1.165, 1.54) is 6.92 Å². The Balaban J connectivity index is 3.68. The summed E-state index contributed by atoms with van der Waals surface area (Å²) in [6.45, 7) is 2.93. The van der Waals surface area contributed by atoms with E-state index in [4.69, 9.17) is 10.2 Å². The first-order valence-corrected chi connectivity index (χ1v) is 8.43. The molecule has 0 saturated carbocycles. The number of hydrogen-bond acceptors (Lipinski definition) is 4. The number of aliphatic carboxylic acids is 2. The number of aliphatic hydroxyl groups is 2. The number of carboxylic acid groups (broad SMARTS) is 2. The van der Waals surface area contributed by atoms with Gasteiger partial charge in [0.15, 0.2) is 5.79 Å². The summed E-state index contributed by atoms with van der Waals surface area (Å²) in [5.41, 5.74) is 0.311. The number of carbonyl (C=O) groups is 2. The van der Waals surface area contributed by atoms with Gasteiger partial charge in [0, 0.05) is 17.6 Å². The van der Waals surface area contributed by atoms with Crippen LogP contribution in [0.5, 0.6) is 0 Å². The lowest BCUT2D eigenvalue weighted by molar-refractivity contribution is -0.136. The molecule has 0 radical (unpaired) electrons. The lowest BCUT2D eigenvalue weighted by Gasteiger charge is -2.17. The van der Waals surface area contributed by atoms with Crippen LogP contribution in [0, 0.1) is 0 Å². The predicted molar refractivity (Wildman–Crippen MR) is 91.5 cm³/mol. The highest BCUT2D eigenvalue weighted by molar-refractivity contribution is 5.86. The van der Waals surface area contributed by atoms with Gasteiger partial charge in [0.25, 0.3) is 0 Å². The molecular formula is C18H30O6. The van der Waals surface area contributed by atoms with E-state index in [0.717, 1.165) is 51.0 Å². The van der Waals surface area contributed by atoms with Gasteiger partial charge in [0.2, 0.25) is 0 Å². The summed E-state index contributed by atoms with van der Waals surface area (Å²) in [7, 11) is 0. The molecular weight excluding hydrogens is 312 g/mol. The molecule has 0 bridgehead atoms. The molecule has 0 heterocycles. The van der Waals surface area contributed by atoms with E-state index in [2.05, 4.69) is 0 Å². The van der Waals surface area contributed by atoms with Gasteiger partial charge in [-0.2, -0.15) is 0 Å². The van der Waals surface area contributed by atoms with Crippen LogP contribution in [0.2, 0.25) is 0 Å². The highest BCUT2D eigenvalue weighted by Crippen LogP contribution is 2.17. The third-order valence-electron chi connectivity index (χ3n) is 3.82. The standard InChI is InChI=1S/C18H30O6/c1-14(16(19)20)11-9-7-5-3-4-6-8-10-12-18(23,24)13-15(2)17(21)22/h11,13,23-24H,3-10,12H2,1-2H3,(H,19,20)(H,21,22). The SMILES string of the molecule is CC(=CCCCCCCCCCC(O)(O)C=C(C)C(=O)O)C(=O)O. The molecule has 24 heavy (non-hydrogen) atoms. The Morgan fingerprint density at radius 1 is 0.792 bits per heavy atom. The summed E-state index contributed by atoms with van der Waals surface area (Å²) in [6.07, 6.45) is 10.2. The van der Waals surface area contributed by atoms with Crippen LogP contribution in [-0.2, 0) is 9.59 Å². The normalized spacial score (nSPS) is 13.2.